The first kappa shape index (κ1) is 9.29. The van der Waals surface area contributed by atoms with E-state index in [9.17, 15) is 0 Å². The van der Waals surface area contributed by atoms with Gasteiger partial charge in [0.1, 0.15) is 5.75 Å². The number of hydrogen-bond donors (Lipinski definition) is 2. The number of hydrogen-bond acceptors (Lipinski definition) is 2. The number of halogens is 1. The van der Waals surface area contributed by atoms with Crippen molar-refractivity contribution in [3.8, 4) is 5.75 Å². The quantitative estimate of drug-likeness (QED) is 0.814. The number of nitrogens with two attached hydrogens (primary N) is 1. The van der Waals surface area contributed by atoms with E-state index in [1.807, 2.05) is 12.2 Å². The van der Waals surface area contributed by atoms with Crippen LogP contribution in [0.15, 0.2) is 28.7 Å². The fourth-order valence-electron chi connectivity index (χ4n) is 0.854. The van der Waals surface area contributed by atoms with Crippen LogP contribution in [-0.2, 0) is 0 Å². The summed E-state index contributed by atoms with van der Waals surface area (Å²) in [6.45, 7) is 0.502. The van der Waals surface area contributed by atoms with Crippen LogP contribution >= 0.6 is 15.9 Å². The molecule has 0 aliphatic rings. The highest BCUT2D eigenvalue weighted by molar-refractivity contribution is 9.10. The fraction of sp³-hybridized carbons (Fsp3) is 0.111. The van der Waals surface area contributed by atoms with Gasteiger partial charge in [0.05, 0.1) is 0 Å². The third kappa shape index (κ3) is 2.36. The van der Waals surface area contributed by atoms with Crippen LogP contribution in [-0.4, -0.2) is 11.7 Å². The van der Waals surface area contributed by atoms with E-state index in [0.29, 0.717) is 6.54 Å². The van der Waals surface area contributed by atoms with E-state index in [1.54, 1.807) is 18.2 Å². The van der Waals surface area contributed by atoms with Gasteiger partial charge in [-0.25, -0.2) is 0 Å². The smallest absolute Gasteiger partial charge is 0.116 e. The maximum atomic E-state index is 9.15. The maximum absolute atomic E-state index is 9.15. The van der Waals surface area contributed by atoms with Crippen LogP contribution in [0.1, 0.15) is 5.56 Å². The second kappa shape index (κ2) is 4.28. The van der Waals surface area contributed by atoms with Gasteiger partial charge >= 0.3 is 0 Å². The predicted molar refractivity (Wildman–Crippen MR) is 53.9 cm³/mol. The molecule has 0 spiro atoms. The molecule has 1 aromatic rings. The standard InChI is InChI=1S/C9H10BrNO/c10-9-4-3-8(12)6-7(9)2-1-5-11/h1-4,6,12H,5,11H2/b2-1+. The lowest BCUT2D eigenvalue weighted by Gasteiger charge is -1.98. The van der Waals surface area contributed by atoms with Crippen molar-refractivity contribution in [3.05, 3.63) is 34.3 Å². The molecule has 0 aromatic heterocycles. The molecular formula is C9H10BrNO. The van der Waals surface area contributed by atoms with E-state index in [-0.39, 0.29) is 5.75 Å². The van der Waals surface area contributed by atoms with Gasteiger partial charge in [0.25, 0.3) is 0 Å². The minimum absolute atomic E-state index is 0.259. The van der Waals surface area contributed by atoms with Crippen molar-refractivity contribution in [2.75, 3.05) is 6.54 Å². The van der Waals surface area contributed by atoms with E-state index in [2.05, 4.69) is 15.9 Å². The molecule has 0 atom stereocenters. The first-order valence-corrected chi connectivity index (χ1v) is 4.38. The molecule has 0 saturated carbocycles. The lowest BCUT2D eigenvalue weighted by Crippen LogP contribution is -1.92. The van der Waals surface area contributed by atoms with Crippen LogP contribution in [0.2, 0.25) is 0 Å². The van der Waals surface area contributed by atoms with Gasteiger partial charge in [-0.1, -0.05) is 28.1 Å². The molecule has 0 unspecified atom stereocenters. The Labute approximate surface area is 79.8 Å². The van der Waals surface area contributed by atoms with Crippen molar-refractivity contribution in [3.63, 3.8) is 0 Å². The van der Waals surface area contributed by atoms with E-state index < -0.39 is 0 Å². The van der Waals surface area contributed by atoms with Gasteiger partial charge in [0, 0.05) is 11.0 Å². The molecule has 3 heteroatoms. The molecule has 0 aliphatic heterocycles. The normalized spacial score (nSPS) is 10.8. The largest absolute Gasteiger partial charge is 0.508 e. The number of aromatic hydroxyl groups is 1. The molecule has 64 valence electrons. The number of benzene rings is 1. The number of rotatable bonds is 2. The summed E-state index contributed by atoms with van der Waals surface area (Å²) in [5.74, 6) is 0.259. The molecule has 12 heavy (non-hydrogen) atoms. The highest BCUT2D eigenvalue weighted by Gasteiger charge is 1.95. The molecule has 0 saturated heterocycles. The SMILES string of the molecule is NC/C=C/c1cc(O)ccc1Br. The third-order valence-electron chi connectivity index (χ3n) is 1.41. The number of phenolic OH excluding ortho intramolecular Hbond substituents is 1. The second-order valence-electron chi connectivity index (χ2n) is 2.34. The Kier molecular flexibility index (Phi) is 3.31. The molecule has 3 N–H and O–H groups in total. The Morgan fingerprint density at radius 1 is 1.50 bits per heavy atom. The topological polar surface area (TPSA) is 46.2 Å². The van der Waals surface area contributed by atoms with Crippen LogP contribution in [0, 0.1) is 0 Å². The predicted octanol–water partition coefficient (Wildman–Crippen LogP) is 2.13. The van der Waals surface area contributed by atoms with E-state index in [0.717, 1.165) is 10.0 Å². The zero-order valence-electron chi connectivity index (χ0n) is 6.50. The zero-order valence-corrected chi connectivity index (χ0v) is 8.08. The summed E-state index contributed by atoms with van der Waals surface area (Å²) < 4.78 is 0.949. The maximum Gasteiger partial charge on any atom is 0.116 e. The monoisotopic (exact) mass is 227 g/mol. The Morgan fingerprint density at radius 3 is 2.92 bits per heavy atom. The first-order chi connectivity index (χ1) is 5.74. The summed E-state index contributed by atoms with van der Waals surface area (Å²) in [7, 11) is 0. The van der Waals surface area contributed by atoms with Crippen molar-refractivity contribution >= 4 is 22.0 Å². The fourth-order valence-corrected chi connectivity index (χ4v) is 1.23. The van der Waals surface area contributed by atoms with E-state index in [4.69, 9.17) is 10.8 Å². The van der Waals surface area contributed by atoms with Gasteiger partial charge in [0.2, 0.25) is 0 Å². The van der Waals surface area contributed by atoms with Crippen LogP contribution in [0.4, 0.5) is 0 Å². The van der Waals surface area contributed by atoms with Gasteiger partial charge in [0.15, 0.2) is 0 Å². The van der Waals surface area contributed by atoms with Gasteiger partial charge in [-0.15, -0.1) is 0 Å². The number of phenols is 1. The average molecular weight is 228 g/mol. The van der Waals surface area contributed by atoms with Gasteiger partial charge in [-0.05, 0) is 23.8 Å². The van der Waals surface area contributed by atoms with Crippen LogP contribution in [0.3, 0.4) is 0 Å². The second-order valence-corrected chi connectivity index (χ2v) is 3.20. The van der Waals surface area contributed by atoms with E-state index in [1.165, 1.54) is 0 Å². The van der Waals surface area contributed by atoms with Crippen LogP contribution in [0.5, 0.6) is 5.75 Å². The Hall–Kier alpha value is -0.800. The molecule has 1 aromatic carbocycles. The highest BCUT2D eigenvalue weighted by Crippen LogP contribution is 2.22. The Bertz CT molecular complexity index is 297. The molecular weight excluding hydrogens is 218 g/mol. The Balaban J connectivity index is 2.97. The summed E-state index contributed by atoms with van der Waals surface area (Å²) in [6, 6.07) is 5.10. The zero-order chi connectivity index (χ0) is 8.97. The first-order valence-electron chi connectivity index (χ1n) is 3.59. The highest BCUT2D eigenvalue weighted by atomic mass is 79.9. The van der Waals surface area contributed by atoms with E-state index >= 15 is 0 Å². The van der Waals surface area contributed by atoms with Gasteiger partial charge in [-0.3, -0.25) is 0 Å². The lowest BCUT2D eigenvalue weighted by molar-refractivity contribution is 0.475. The van der Waals surface area contributed by atoms with Crippen LogP contribution in [0.25, 0.3) is 6.08 Å². The molecule has 0 radical (unpaired) electrons. The summed E-state index contributed by atoms with van der Waals surface area (Å²) in [6.07, 6.45) is 3.70. The van der Waals surface area contributed by atoms with Crippen molar-refractivity contribution in [1.82, 2.24) is 0 Å². The summed E-state index contributed by atoms with van der Waals surface area (Å²) in [5.41, 5.74) is 6.23. The van der Waals surface area contributed by atoms with Gasteiger partial charge in [-0.2, -0.15) is 0 Å². The third-order valence-corrected chi connectivity index (χ3v) is 2.14. The molecule has 0 heterocycles. The van der Waals surface area contributed by atoms with Crippen molar-refractivity contribution in [1.29, 1.82) is 0 Å². The van der Waals surface area contributed by atoms with Gasteiger partial charge < -0.3 is 10.8 Å². The summed E-state index contributed by atoms with van der Waals surface area (Å²) in [5, 5.41) is 9.15. The van der Waals surface area contributed by atoms with Crippen molar-refractivity contribution in [2.24, 2.45) is 5.73 Å². The lowest BCUT2D eigenvalue weighted by atomic mass is 10.2. The minimum atomic E-state index is 0.259. The average Bonchev–Trinajstić information content (AvgIpc) is 2.07. The molecule has 0 aliphatic carbocycles. The molecule has 0 amide bonds. The molecule has 2 nitrogen and oxygen atoms in total. The molecule has 1 rings (SSSR count). The minimum Gasteiger partial charge on any atom is -0.508 e. The summed E-state index contributed by atoms with van der Waals surface area (Å²) in [4.78, 5) is 0. The Morgan fingerprint density at radius 2 is 2.25 bits per heavy atom. The van der Waals surface area contributed by atoms with Crippen LogP contribution < -0.4 is 5.73 Å². The summed E-state index contributed by atoms with van der Waals surface area (Å²) >= 11 is 3.36. The molecule has 0 bridgehead atoms. The van der Waals surface area contributed by atoms with Crippen molar-refractivity contribution in [2.45, 2.75) is 0 Å². The molecule has 0 fully saturated rings. The van der Waals surface area contributed by atoms with Crippen molar-refractivity contribution < 1.29 is 5.11 Å².